The highest BCUT2D eigenvalue weighted by Gasteiger charge is 2.04. The quantitative estimate of drug-likeness (QED) is 0.850. The summed E-state index contributed by atoms with van der Waals surface area (Å²) in [6, 6.07) is 5.56. The number of nitrogens with one attached hydrogen (secondary N) is 1. The van der Waals surface area contributed by atoms with Crippen LogP contribution < -0.4 is 5.32 Å². The zero-order valence-corrected chi connectivity index (χ0v) is 12.8. The summed E-state index contributed by atoms with van der Waals surface area (Å²) in [6.45, 7) is 2.19. The molecule has 2 aromatic rings. The number of anilines is 1. The molecule has 20 heavy (non-hydrogen) atoms. The lowest BCUT2D eigenvalue weighted by molar-refractivity contribution is 0.187. The average molecular weight is 314 g/mol. The second kappa shape index (κ2) is 7.53. The number of aromatic nitrogens is 2. The van der Waals surface area contributed by atoms with E-state index < -0.39 is 0 Å². The summed E-state index contributed by atoms with van der Waals surface area (Å²) in [5.74, 6) is 0.840. The first kappa shape index (κ1) is 15.2. The summed E-state index contributed by atoms with van der Waals surface area (Å²) < 4.78 is 7.09. The Kier molecular flexibility index (Phi) is 5.71. The van der Waals surface area contributed by atoms with Crippen molar-refractivity contribution in [2.45, 2.75) is 13.0 Å². The molecule has 0 saturated carbocycles. The van der Waals surface area contributed by atoms with Crippen molar-refractivity contribution < 1.29 is 4.74 Å². The normalized spacial score (nSPS) is 10.8. The van der Waals surface area contributed by atoms with E-state index in [1.54, 1.807) is 19.4 Å². The minimum absolute atomic E-state index is 0.654. The molecule has 6 heteroatoms. The molecule has 0 bridgehead atoms. The van der Waals surface area contributed by atoms with E-state index in [1.807, 2.05) is 22.9 Å². The van der Waals surface area contributed by atoms with Gasteiger partial charge in [0.15, 0.2) is 0 Å². The van der Waals surface area contributed by atoms with E-state index in [-0.39, 0.29) is 0 Å². The van der Waals surface area contributed by atoms with Crippen LogP contribution in [0, 0.1) is 0 Å². The van der Waals surface area contributed by atoms with Crippen LogP contribution in [-0.2, 0) is 17.7 Å². The van der Waals surface area contributed by atoms with Crippen LogP contribution in [0.15, 0.2) is 30.6 Å². The lowest BCUT2D eigenvalue weighted by atomic mass is 10.1. The fourth-order valence-corrected chi connectivity index (χ4v) is 2.38. The number of nitrogens with zero attached hydrogens (tertiary/aromatic N) is 2. The Balaban J connectivity index is 1.88. The van der Waals surface area contributed by atoms with Crippen LogP contribution in [0.4, 0.5) is 5.95 Å². The van der Waals surface area contributed by atoms with E-state index in [0.29, 0.717) is 16.7 Å². The van der Waals surface area contributed by atoms with Crippen molar-refractivity contribution in [3.63, 3.8) is 0 Å². The highest BCUT2D eigenvalue weighted by molar-refractivity contribution is 6.35. The van der Waals surface area contributed by atoms with Crippen molar-refractivity contribution in [2.75, 3.05) is 25.6 Å². The highest BCUT2D eigenvalue weighted by atomic mass is 35.5. The molecule has 2 rings (SSSR count). The summed E-state index contributed by atoms with van der Waals surface area (Å²) in [7, 11) is 1.69. The van der Waals surface area contributed by atoms with Gasteiger partial charge in [-0.15, -0.1) is 0 Å². The van der Waals surface area contributed by atoms with Gasteiger partial charge in [0.1, 0.15) is 0 Å². The predicted molar refractivity (Wildman–Crippen MR) is 82.8 cm³/mol. The molecular formula is C14H17Cl2N3O. The summed E-state index contributed by atoms with van der Waals surface area (Å²) in [4.78, 5) is 4.28. The van der Waals surface area contributed by atoms with Crippen LogP contribution in [0.5, 0.6) is 0 Å². The molecule has 0 saturated heterocycles. The third kappa shape index (κ3) is 4.13. The largest absolute Gasteiger partial charge is 0.383 e. The minimum Gasteiger partial charge on any atom is -0.383 e. The SMILES string of the molecule is COCCn1ccnc1NCCc1ccc(Cl)cc1Cl. The second-order valence-corrected chi connectivity index (χ2v) is 5.19. The Hall–Kier alpha value is -1.23. The Labute approximate surface area is 128 Å². The van der Waals surface area contributed by atoms with Crippen molar-refractivity contribution >= 4 is 29.2 Å². The van der Waals surface area contributed by atoms with Crippen LogP contribution in [0.25, 0.3) is 0 Å². The van der Waals surface area contributed by atoms with Crippen LogP contribution in [-0.4, -0.2) is 29.8 Å². The smallest absolute Gasteiger partial charge is 0.202 e. The summed E-state index contributed by atoms with van der Waals surface area (Å²) >= 11 is 12.0. The van der Waals surface area contributed by atoms with Gasteiger partial charge in [-0.05, 0) is 24.1 Å². The van der Waals surface area contributed by atoms with Gasteiger partial charge in [-0.2, -0.15) is 0 Å². The number of imidazole rings is 1. The molecule has 1 aromatic carbocycles. The predicted octanol–water partition coefficient (Wildman–Crippen LogP) is 3.49. The number of hydrogen-bond donors (Lipinski definition) is 1. The number of methoxy groups -OCH3 is 1. The molecule has 4 nitrogen and oxygen atoms in total. The maximum absolute atomic E-state index is 6.14. The van der Waals surface area contributed by atoms with Gasteiger partial charge in [-0.1, -0.05) is 29.3 Å². The third-order valence-electron chi connectivity index (χ3n) is 2.94. The monoisotopic (exact) mass is 313 g/mol. The van der Waals surface area contributed by atoms with Gasteiger partial charge in [0.25, 0.3) is 0 Å². The molecule has 0 amide bonds. The molecule has 1 N–H and O–H groups in total. The molecule has 0 unspecified atom stereocenters. The molecule has 0 spiro atoms. The molecule has 1 heterocycles. The van der Waals surface area contributed by atoms with Crippen molar-refractivity contribution in [3.8, 4) is 0 Å². The van der Waals surface area contributed by atoms with E-state index in [4.69, 9.17) is 27.9 Å². The average Bonchev–Trinajstić information content (AvgIpc) is 2.86. The Morgan fingerprint density at radius 2 is 2.20 bits per heavy atom. The van der Waals surface area contributed by atoms with Gasteiger partial charge in [0.05, 0.1) is 6.61 Å². The molecule has 0 radical (unpaired) electrons. The minimum atomic E-state index is 0.654. The van der Waals surface area contributed by atoms with Gasteiger partial charge in [-0.3, -0.25) is 0 Å². The van der Waals surface area contributed by atoms with Crippen molar-refractivity contribution in [1.82, 2.24) is 9.55 Å². The first-order chi connectivity index (χ1) is 9.70. The lowest BCUT2D eigenvalue weighted by Gasteiger charge is -2.10. The molecule has 0 atom stereocenters. The van der Waals surface area contributed by atoms with Crippen molar-refractivity contribution in [1.29, 1.82) is 0 Å². The molecule has 1 aromatic heterocycles. The van der Waals surface area contributed by atoms with Gasteiger partial charge in [0.2, 0.25) is 5.95 Å². The number of benzene rings is 1. The number of rotatable bonds is 7. The number of ether oxygens (including phenoxy) is 1. The lowest BCUT2D eigenvalue weighted by Crippen LogP contribution is -2.12. The first-order valence-electron chi connectivity index (χ1n) is 6.38. The summed E-state index contributed by atoms with van der Waals surface area (Å²) in [6.07, 6.45) is 4.51. The summed E-state index contributed by atoms with van der Waals surface area (Å²) in [5, 5.41) is 4.65. The van der Waals surface area contributed by atoms with Gasteiger partial charge in [-0.25, -0.2) is 4.98 Å². The van der Waals surface area contributed by atoms with Gasteiger partial charge >= 0.3 is 0 Å². The molecule has 108 valence electrons. The number of hydrogen-bond acceptors (Lipinski definition) is 3. The van der Waals surface area contributed by atoms with Crippen molar-refractivity contribution in [3.05, 3.63) is 46.2 Å². The topological polar surface area (TPSA) is 39.1 Å². The Bertz CT molecular complexity index is 557. The van der Waals surface area contributed by atoms with Crippen molar-refractivity contribution in [2.24, 2.45) is 0 Å². The van der Waals surface area contributed by atoms with E-state index in [1.165, 1.54) is 0 Å². The maximum Gasteiger partial charge on any atom is 0.202 e. The highest BCUT2D eigenvalue weighted by Crippen LogP contribution is 2.21. The van der Waals surface area contributed by atoms with Gasteiger partial charge < -0.3 is 14.6 Å². The Morgan fingerprint density at radius 1 is 1.35 bits per heavy atom. The van der Waals surface area contributed by atoms with E-state index >= 15 is 0 Å². The Morgan fingerprint density at radius 3 is 2.95 bits per heavy atom. The molecule has 0 fully saturated rings. The van der Waals surface area contributed by atoms with E-state index in [2.05, 4.69) is 10.3 Å². The van der Waals surface area contributed by atoms with Crippen LogP contribution >= 0.6 is 23.2 Å². The zero-order chi connectivity index (χ0) is 14.4. The number of halogens is 2. The molecular weight excluding hydrogens is 297 g/mol. The molecule has 0 aliphatic carbocycles. The van der Waals surface area contributed by atoms with Gasteiger partial charge in [0, 0.05) is 42.6 Å². The van der Waals surface area contributed by atoms with E-state index in [0.717, 1.165) is 31.0 Å². The first-order valence-corrected chi connectivity index (χ1v) is 7.14. The second-order valence-electron chi connectivity index (χ2n) is 4.35. The maximum atomic E-state index is 6.14. The fraction of sp³-hybridized carbons (Fsp3) is 0.357. The van der Waals surface area contributed by atoms with Crippen LogP contribution in [0.3, 0.4) is 0 Å². The fourth-order valence-electron chi connectivity index (χ4n) is 1.88. The van der Waals surface area contributed by atoms with Crippen LogP contribution in [0.2, 0.25) is 10.0 Å². The zero-order valence-electron chi connectivity index (χ0n) is 11.3. The molecule has 0 aliphatic rings. The summed E-state index contributed by atoms with van der Waals surface area (Å²) in [5.41, 5.74) is 1.07. The third-order valence-corrected chi connectivity index (χ3v) is 3.53. The van der Waals surface area contributed by atoms with E-state index in [9.17, 15) is 0 Å². The standard InChI is InChI=1S/C14H17Cl2N3O/c1-20-9-8-19-7-6-18-14(19)17-5-4-11-2-3-12(15)10-13(11)16/h2-3,6-7,10H,4-5,8-9H2,1H3,(H,17,18). The van der Waals surface area contributed by atoms with Crippen LogP contribution in [0.1, 0.15) is 5.56 Å². The molecule has 0 aliphatic heterocycles.